The zero-order valence-corrected chi connectivity index (χ0v) is 10.0. The fraction of sp³-hybridized carbons (Fsp3) is 0.909. The van der Waals surface area contributed by atoms with E-state index in [1.54, 1.807) is 0 Å². The lowest BCUT2D eigenvalue weighted by molar-refractivity contribution is 0.0525. The molecule has 0 aliphatic rings. The molecule has 14 heavy (non-hydrogen) atoms. The predicted octanol–water partition coefficient (Wildman–Crippen LogP) is 2.95. The highest BCUT2D eigenvalue weighted by molar-refractivity contribution is 5.67. The third-order valence-electron chi connectivity index (χ3n) is 2.00. The monoisotopic (exact) mass is 201 g/mol. The Balaban J connectivity index is 3.55. The molecule has 1 N–H and O–H groups in total. The van der Waals surface area contributed by atoms with Crippen LogP contribution in [-0.2, 0) is 4.74 Å². The highest BCUT2D eigenvalue weighted by Crippen LogP contribution is 2.07. The molecule has 0 radical (unpaired) electrons. The van der Waals surface area contributed by atoms with Crippen LogP contribution in [0.4, 0.5) is 4.79 Å². The van der Waals surface area contributed by atoms with Gasteiger partial charge in [-0.1, -0.05) is 20.3 Å². The van der Waals surface area contributed by atoms with Gasteiger partial charge in [-0.2, -0.15) is 0 Å². The van der Waals surface area contributed by atoms with Gasteiger partial charge in [0.25, 0.3) is 0 Å². The fourth-order valence-corrected chi connectivity index (χ4v) is 0.939. The molecule has 1 amide bonds. The normalized spacial score (nSPS) is 13.5. The summed E-state index contributed by atoms with van der Waals surface area (Å²) in [6, 6.07) is 0. The first kappa shape index (κ1) is 13.3. The van der Waals surface area contributed by atoms with Crippen molar-refractivity contribution in [3.05, 3.63) is 0 Å². The van der Waals surface area contributed by atoms with Crippen LogP contribution in [0.1, 0.15) is 47.5 Å². The van der Waals surface area contributed by atoms with E-state index >= 15 is 0 Å². The maximum Gasteiger partial charge on any atom is 0.407 e. The molecule has 0 saturated heterocycles. The van der Waals surface area contributed by atoms with Gasteiger partial charge in [0, 0.05) is 6.54 Å². The molecule has 0 unspecified atom stereocenters. The van der Waals surface area contributed by atoms with Gasteiger partial charge in [-0.15, -0.1) is 0 Å². The smallest absolute Gasteiger partial charge is 0.407 e. The van der Waals surface area contributed by atoms with Gasteiger partial charge in [-0.05, 0) is 33.1 Å². The standard InChI is InChI=1S/C11H23NO2/c1-6-9(2)7-8-12-10(13)14-11(3,4)5/h9H,6-8H2,1-5H3,(H,12,13)/t9-/m0/s1. The maximum absolute atomic E-state index is 11.2. The summed E-state index contributed by atoms with van der Waals surface area (Å²) in [4.78, 5) is 11.2. The lowest BCUT2D eigenvalue weighted by atomic mass is 10.1. The van der Waals surface area contributed by atoms with Crippen LogP contribution in [0, 0.1) is 5.92 Å². The predicted molar refractivity (Wildman–Crippen MR) is 58.3 cm³/mol. The summed E-state index contributed by atoms with van der Waals surface area (Å²) < 4.78 is 5.10. The molecule has 0 heterocycles. The van der Waals surface area contributed by atoms with Crippen LogP contribution in [0.5, 0.6) is 0 Å². The topological polar surface area (TPSA) is 38.3 Å². The van der Waals surface area contributed by atoms with Crippen molar-refractivity contribution >= 4 is 6.09 Å². The number of alkyl carbamates (subject to hydrolysis) is 1. The molecule has 0 bridgehead atoms. The van der Waals surface area contributed by atoms with Crippen molar-refractivity contribution < 1.29 is 9.53 Å². The number of ether oxygens (including phenoxy) is 1. The van der Waals surface area contributed by atoms with Crippen molar-refractivity contribution in [2.75, 3.05) is 6.54 Å². The Hall–Kier alpha value is -0.730. The minimum atomic E-state index is -0.402. The van der Waals surface area contributed by atoms with Crippen LogP contribution < -0.4 is 5.32 Å². The molecule has 84 valence electrons. The van der Waals surface area contributed by atoms with E-state index < -0.39 is 5.60 Å². The van der Waals surface area contributed by atoms with Crippen LogP contribution in [0.2, 0.25) is 0 Å². The van der Waals surface area contributed by atoms with Gasteiger partial charge in [-0.3, -0.25) is 0 Å². The summed E-state index contributed by atoms with van der Waals surface area (Å²) in [6.45, 7) is 10.6. The first-order valence-electron chi connectivity index (χ1n) is 5.32. The summed E-state index contributed by atoms with van der Waals surface area (Å²) in [5.74, 6) is 0.657. The summed E-state index contributed by atoms with van der Waals surface area (Å²) >= 11 is 0. The molecule has 0 aromatic rings. The van der Waals surface area contributed by atoms with E-state index in [4.69, 9.17) is 4.74 Å². The maximum atomic E-state index is 11.2. The average molecular weight is 201 g/mol. The van der Waals surface area contributed by atoms with E-state index in [9.17, 15) is 4.79 Å². The Bertz CT molecular complexity index is 173. The number of nitrogens with one attached hydrogen (secondary N) is 1. The molecule has 1 atom stereocenters. The molecule has 0 aromatic carbocycles. The first-order valence-corrected chi connectivity index (χ1v) is 5.32. The summed E-state index contributed by atoms with van der Waals surface area (Å²) in [6.07, 6.45) is 1.84. The number of carbonyl (C=O) groups excluding carboxylic acids is 1. The Morgan fingerprint density at radius 3 is 2.43 bits per heavy atom. The van der Waals surface area contributed by atoms with Crippen molar-refractivity contribution in [1.29, 1.82) is 0 Å². The number of hydrogen-bond donors (Lipinski definition) is 1. The van der Waals surface area contributed by atoms with Gasteiger partial charge in [0.15, 0.2) is 0 Å². The summed E-state index contributed by atoms with van der Waals surface area (Å²) in [5.41, 5.74) is -0.402. The minimum Gasteiger partial charge on any atom is -0.444 e. The lowest BCUT2D eigenvalue weighted by Gasteiger charge is -2.20. The lowest BCUT2D eigenvalue weighted by Crippen LogP contribution is -2.33. The summed E-state index contributed by atoms with van der Waals surface area (Å²) in [5, 5.41) is 2.74. The SMILES string of the molecule is CC[C@H](C)CCNC(=O)OC(C)(C)C. The van der Waals surface area contributed by atoms with Gasteiger partial charge in [0.1, 0.15) is 5.60 Å². The van der Waals surface area contributed by atoms with Gasteiger partial charge in [-0.25, -0.2) is 4.79 Å². The van der Waals surface area contributed by atoms with Crippen LogP contribution in [0.3, 0.4) is 0 Å². The molecule has 0 spiro atoms. The second-order valence-corrected chi connectivity index (χ2v) is 4.73. The Labute approximate surface area is 87.2 Å². The van der Waals surface area contributed by atoms with Crippen molar-refractivity contribution in [1.82, 2.24) is 5.32 Å². The number of rotatable bonds is 4. The van der Waals surface area contributed by atoms with Gasteiger partial charge in [0.2, 0.25) is 0 Å². The molecule has 3 heteroatoms. The zero-order valence-electron chi connectivity index (χ0n) is 10.0. The molecule has 0 fully saturated rings. The van der Waals surface area contributed by atoms with Crippen molar-refractivity contribution in [2.45, 2.75) is 53.1 Å². The quantitative estimate of drug-likeness (QED) is 0.759. The molecule has 0 saturated carbocycles. The molecule has 0 aliphatic heterocycles. The van der Waals surface area contributed by atoms with Gasteiger partial charge >= 0.3 is 6.09 Å². The van der Waals surface area contributed by atoms with E-state index in [0.717, 1.165) is 12.8 Å². The molecule has 0 rings (SSSR count). The molecular weight excluding hydrogens is 178 g/mol. The fourth-order valence-electron chi connectivity index (χ4n) is 0.939. The Morgan fingerprint density at radius 2 is 2.00 bits per heavy atom. The third kappa shape index (κ3) is 7.90. The zero-order chi connectivity index (χ0) is 11.2. The molecule has 0 aromatic heterocycles. The largest absolute Gasteiger partial charge is 0.444 e. The third-order valence-corrected chi connectivity index (χ3v) is 2.00. The second-order valence-electron chi connectivity index (χ2n) is 4.73. The van der Waals surface area contributed by atoms with E-state index in [-0.39, 0.29) is 6.09 Å². The van der Waals surface area contributed by atoms with E-state index in [1.807, 2.05) is 20.8 Å². The van der Waals surface area contributed by atoms with Gasteiger partial charge in [0.05, 0.1) is 0 Å². The molecular formula is C11H23NO2. The second kappa shape index (κ2) is 5.89. The summed E-state index contributed by atoms with van der Waals surface area (Å²) in [7, 11) is 0. The van der Waals surface area contributed by atoms with Gasteiger partial charge < -0.3 is 10.1 Å². The highest BCUT2D eigenvalue weighted by Gasteiger charge is 2.15. The van der Waals surface area contributed by atoms with E-state index in [2.05, 4.69) is 19.2 Å². The van der Waals surface area contributed by atoms with E-state index in [1.165, 1.54) is 0 Å². The van der Waals surface area contributed by atoms with Crippen LogP contribution in [0.25, 0.3) is 0 Å². The first-order chi connectivity index (χ1) is 6.35. The van der Waals surface area contributed by atoms with E-state index in [0.29, 0.717) is 12.5 Å². The Morgan fingerprint density at radius 1 is 1.43 bits per heavy atom. The van der Waals surface area contributed by atoms with Crippen molar-refractivity contribution in [3.8, 4) is 0 Å². The highest BCUT2D eigenvalue weighted by atomic mass is 16.6. The van der Waals surface area contributed by atoms with Crippen molar-refractivity contribution in [2.24, 2.45) is 5.92 Å². The van der Waals surface area contributed by atoms with Crippen LogP contribution in [0.15, 0.2) is 0 Å². The van der Waals surface area contributed by atoms with Crippen LogP contribution >= 0.6 is 0 Å². The number of amides is 1. The number of carbonyl (C=O) groups is 1. The van der Waals surface area contributed by atoms with Crippen LogP contribution in [-0.4, -0.2) is 18.2 Å². The number of hydrogen-bond acceptors (Lipinski definition) is 2. The van der Waals surface area contributed by atoms with Crippen molar-refractivity contribution in [3.63, 3.8) is 0 Å². The average Bonchev–Trinajstić information content (AvgIpc) is 2.00. The molecule has 0 aliphatic carbocycles. The Kier molecular flexibility index (Phi) is 5.58. The minimum absolute atomic E-state index is 0.319. The molecule has 3 nitrogen and oxygen atoms in total.